The molecule has 0 saturated heterocycles. The number of aryl methyl sites for hydroxylation is 1. The van der Waals surface area contributed by atoms with Crippen molar-refractivity contribution in [1.29, 1.82) is 0 Å². The van der Waals surface area contributed by atoms with Crippen LogP contribution in [0.5, 0.6) is 0 Å². The summed E-state index contributed by atoms with van der Waals surface area (Å²) in [5.74, 6) is 1.27. The van der Waals surface area contributed by atoms with Gasteiger partial charge in [0.1, 0.15) is 23.5 Å². The van der Waals surface area contributed by atoms with E-state index in [9.17, 15) is 9.90 Å². The van der Waals surface area contributed by atoms with E-state index in [4.69, 9.17) is 21.9 Å². The van der Waals surface area contributed by atoms with Gasteiger partial charge in [0.25, 0.3) is 11.4 Å². The Morgan fingerprint density at radius 3 is 2.91 bits per heavy atom. The van der Waals surface area contributed by atoms with E-state index in [2.05, 4.69) is 25.4 Å². The van der Waals surface area contributed by atoms with Crippen LogP contribution in [0, 0.1) is 12.8 Å². The van der Waals surface area contributed by atoms with Crippen molar-refractivity contribution in [3.8, 4) is 11.5 Å². The molecular weight excluding hydrogens is 446 g/mol. The first kappa shape index (κ1) is 21.4. The molecule has 1 aliphatic rings. The molecule has 0 radical (unpaired) electrons. The minimum Gasteiger partial charge on any atom is -0.396 e. The van der Waals surface area contributed by atoms with Gasteiger partial charge in [0, 0.05) is 24.3 Å². The summed E-state index contributed by atoms with van der Waals surface area (Å²) >= 11 is 6.37. The number of benzene rings is 1. The SMILES string of the molecule is Cc1noc(-c2c(N)ncnc2NC(C)c2cc3cccc(Cl)c3c(=O)n2C2CC2CO)n1. The number of anilines is 2. The average Bonchev–Trinajstić information content (AvgIpc) is 3.44. The molecule has 0 amide bonds. The Kier molecular flexibility index (Phi) is 5.26. The maximum Gasteiger partial charge on any atom is 0.265 e. The van der Waals surface area contributed by atoms with E-state index < -0.39 is 0 Å². The second-order valence-corrected chi connectivity index (χ2v) is 8.60. The molecule has 1 saturated carbocycles. The number of aromatic nitrogens is 5. The molecule has 170 valence electrons. The minimum atomic E-state index is -0.363. The highest BCUT2D eigenvalue weighted by Crippen LogP contribution is 2.44. The van der Waals surface area contributed by atoms with E-state index in [1.54, 1.807) is 17.6 Å². The maximum absolute atomic E-state index is 13.5. The lowest BCUT2D eigenvalue weighted by molar-refractivity contribution is 0.268. The Balaban J connectivity index is 1.62. The number of rotatable bonds is 6. The lowest BCUT2D eigenvalue weighted by Gasteiger charge is -2.22. The number of aliphatic hydroxyl groups is 1. The molecule has 1 aromatic carbocycles. The van der Waals surface area contributed by atoms with E-state index in [-0.39, 0.29) is 41.9 Å². The standard InChI is InChI=1S/C22H22ClN7O3/c1-10(27-20-18(19(24)25-9-26-20)21-28-11(2)29-33-21)15-6-12-4-3-5-14(23)17(12)22(32)30(15)16-7-13(16)8-31/h3-6,9-10,13,16,31H,7-8H2,1-2H3,(H3,24,25,26,27). The fourth-order valence-electron chi connectivity index (χ4n) is 4.17. The van der Waals surface area contributed by atoms with E-state index in [1.807, 2.05) is 25.1 Å². The third kappa shape index (κ3) is 3.70. The van der Waals surface area contributed by atoms with Crippen molar-refractivity contribution in [1.82, 2.24) is 24.7 Å². The van der Waals surface area contributed by atoms with Gasteiger partial charge in [-0.1, -0.05) is 28.9 Å². The Morgan fingerprint density at radius 1 is 1.39 bits per heavy atom. The molecule has 1 aliphatic carbocycles. The summed E-state index contributed by atoms with van der Waals surface area (Å²) in [6, 6.07) is 6.85. The van der Waals surface area contributed by atoms with Crippen LogP contribution in [0.2, 0.25) is 5.02 Å². The molecule has 5 rings (SSSR count). The number of hydrogen-bond acceptors (Lipinski definition) is 9. The number of nitrogens with two attached hydrogens (primary N) is 1. The van der Waals surface area contributed by atoms with Crippen LogP contribution in [-0.4, -0.2) is 36.4 Å². The van der Waals surface area contributed by atoms with Crippen LogP contribution in [0.15, 0.2) is 39.9 Å². The summed E-state index contributed by atoms with van der Waals surface area (Å²) in [5.41, 5.74) is 7.04. The lowest BCUT2D eigenvalue weighted by Crippen LogP contribution is -2.27. The number of fused-ring (bicyclic) bond motifs is 1. The summed E-state index contributed by atoms with van der Waals surface area (Å²) in [5, 5.41) is 18.4. The molecule has 3 aromatic heterocycles. The molecule has 3 atom stereocenters. The largest absolute Gasteiger partial charge is 0.396 e. The zero-order valence-corrected chi connectivity index (χ0v) is 18.7. The lowest BCUT2D eigenvalue weighted by atomic mass is 10.1. The van der Waals surface area contributed by atoms with Gasteiger partial charge in [0.15, 0.2) is 5.82 Å². The number of hydrogen-bond donors (Lipinski definition) is 3. The van der Waals surface area contributed by atoms with Gasteiger partial charge in [-0.2, -0.15) is 4.98 Å². The summed E-state index contributed by atoms with van der Waals surface area (Å²) in [6.07, 6.45) is 2.06. The molecule has 3 unspecified atom stereocenters. The highest BCUT2D eigenvalue weighted by atomic mass is 35.5. The molecule has 0 spiro atoms. The highest BCUT2D eigenvalue weighted by molar-refractivity contribution is 6.35. The smallest absolute Gasteiger partial charge is 0.265 e. The van der Waals surface area contributed by atoms with Crippen molar-refractivity contribution in [3.63, 3.8) is 0 Å². The first-order valence-electron chi connectivity index (χ1n) is 10.5. The van der Waals surface area contributed by atoms with Crippen molar-refractivity contribution in [2.75, 3.05) is 17.7 Å². The number of halogens is 1. The van der Waals surface area contributed by atoms with E-state index in [0.717, 1.165) is 17.5 Å². The molecule has 11 heteroatoms. The third-order valence-corrected chi connectivity index (χ3v) is 6.24. The molecule has 3 heterocycles. The van der Waals surface area contributed by atoms with Crippen LogP contribution in [0.3, 0.4) is 0 Å². The number of pyridine rings is 1. The van der Waals surface area contributed by atoms with Gasteiger partial charge < -0.3 is 25.2 Å². The second-order valence-electron chi connectivity index (χ2n) is 8.19. The maximum atomic E-state index is 13.5. The third-order valence-electron chi connectivity index (χ3n) is 5.93. The van der Waals surface area contributed by atoms with Gasteiger partial charge in [-0.05, 0) is 37.8 Å². The van der Waals surface area contributed by atoms with Gasteiger partial charge >= 0.3 is 0 Å². The quantitative estimate of drug-likeness (QED) is 0.389. The van der Waals surface area contributed by atoms with Gasteiger partial charge in [0.05, 0.1) is 16.5 Å². The predicted molar refractivity (Wildman–Crippen MR) is 124 cm³/mol. The molecule has 1 fully saturated rings. The van der Waals surface area contributed by atoms with Gasteiger partial charge in [0.2, 0.25) is 0 Å². The Bertz CT molecular complexity index is 1420. The molecule has 4 aromatic rings. The second kappa shape index (κ2) is 8.13. The molecule has 0 bridgehead atoms. The predicted octanol–water partition coefficient (Wildman–Crippen LogP) is 3.11. The van der Waals surface area contributed by atoms with Crippen LogP contribution in [0.4, 0.5) is 11.6 Å². The Hall–Kier alpha value is -3.50. The van der Waals surface area contributed by atoms with Gasteiger partial charge in [-0.3, -0.25) is 4.79 Å². The van der Waals surface area contributed by atoms with E-state index >= 15 is 0 Å². The average molecular weight is 468 g/mol. The van der Waals surface area contributed by atoms with E-state index in [0.29, 0.717) is 27.6 Å². The fraction of sp³-hybridized carbons (Fsp3) is 0.318. The monoisotopic (exact) mass is 467 g/mol. The summed E-state index contributed by atoms with van der Waals surface area (Å²) < 4.78 is 7.02. The number of aliphatic hydroxyl groups excluding tert-OH is 1. The highest BCUT2D eigenvalue weighted by Gasteiger charge is 2.40. The molecule has 33 heavy (non-hydrogen) atoms. The fourth-order valence-corrected chi connectivity index (χ4v) is 4.43. The van der Waals surface area contributed by atoms with Crippen LogP contribution >= 0.6 is 11.6 Å². The topological polar surface area (TPSA) is 145 Å². The van der Waals surface area contributed by atoms with Crippen molar-refractivity contribution in [2.24, 2.45) is 5.92 Å². The number of nitrogen functional groups attached to an aromatic ring is 1. The number of nitrogens with zero attached hydrogens (tertiary/aromatic N) is 5. The first-order chi connectivity index (χ1) is 15.9. The summed E-state index contributed by atoms with van der Waals surface area (Å²) in [4.78, 5) is 26.1. The zero-order valence-electron chi connectivity index (χ0n) is 18.0. The van der Waals surface area contributed by atoms with Crippen molar-refractivity contribution in [2.45, 2.75) is 32.4 Å². The van der Waals surface area contributed by atoms with Crippen molar-refractivity contribution in [3.05, 3.63) is 57.5 Å². The Morgan fingerprint density at radius 2 is 2.21 bits per heavy atom. The zero-order chi connectivity index (χ0) is 23.3. The summed E-state index contributed by atoms with van der Waals surface area (Å²) in [7, 11) is 0. The van der Waals surface area contributed by atoms with Gasteiger partial charge in [-0.15, -0.1) is 0 Å². The van der Waals surface area contributed by atoms with Crippen LogP contribution in [-0.2, 0) is 0 Å². The molecular formula is C22H22ClN7O3. The molecule has 0 aliphatic heterocycles. The normalized spacial score (nSPS) is 18.4. The Labute approximate surface area is 193 Å². The molecule has 10 nitrogen and oxygen atoms in total. The number of nitrogens with one attached hydrogen (secondary N) is 1. The first-order valence-corrected chi connectivity index (χ1v) is 10.9. The van der Waals surface area contributed by atoms with E-state index in [1.165, 1.54) is 6.33 Å². The van der Waals surface area contributed by atoms with Gasteiger partial charge in [-0.25, -0.2) is 9.97 Å². The van der Waals surface area contributed by atoms with Crippen LogP contribution in [0.25, 0.3) is 22.2 Å². The van der Waals surface area contributed by atoms with Crippen LogP contribution in [0.1, 0.15) is 36.9 Å². The summed E-state index contributed by atoms with van der Waals surface area (Å²) in [6.45, 7) is 3.63. The van der Waals surface area contributed by atoms with Crippen molar-refractivity contribution < 1.29 is 9.63 Å². The molecule has 4 N–H and O–H groups in total. The van der Waals surface area contributed by atoms with Crippen LogP contribution < -0.4 is 16.6 Å². The van der Waals surface area contributed by atoms with Crippen molar-refractivity contribution >= 4 is 34.0 Å². The minimum absolute atomic E-state index is 0.0159.